The largest absolute Gasteiger partial charge is 0.480 e. The van der Waals surface area contributed by atoms with Crippen LogP contribution >= 0.6 is 11.3 Å². The van der Waals surface area contributed by atoms with E-state index in [4.69, 9.17) is 10.8 Å². The first kappa shape index (κ1) is 25.8. The number of rotatable bonds is 7. The quantitative estimate of drug-likeness (QED) is 0.356. The smallest absolute Gasteiger partial charge is 0.404 e. The molecular formula is C21H19F4N5O4S. The topological polar surface area (TPSA) is 138 Å². The molecule has 1 aromatic heterocycles. The summed E-state index contributed by atoms with van der Waals surface area (Å²) in [5.74, 6) is -6.13. The summed E-state index contributed by atoms with van der Waals surface area (Å²) >= 11 is 0.867. The van der Waals surface area contributed by atoms with E-state index in [1.807, 2.05) is 0 Å². The average Bonchev–Trinajstić information content (AvgIpc) is 3.16. The average molecular weight is 513 g/mol. The minimum absolute atomic E-state index is 0.0674. The summed E-state index contributed by atoms with van der Waals surface area (Å²) in [6.07, 6.45) is -5.02. The predicted octanol–water partition coefficient (Wildman–Crippen LogP) is 3.60. The summed E-state index contributed by atoms with van der Waals surface area (Å²) in [5, 5.41) is 14.1. The summed E-state index contributed by atoms with van der Waals surface area (Å²) < 4.78 is 54.8. The number of aliphatic carboxylic acids is 1. The number of thiazole rings is 1. The molecule has 14 heteroatoms. The van der Waals surface area contributed by atoms with Crippen LogP contribution in [-0.4, -0.2) is 58.7 Å². The van der Waals surface area contributed by atoms with Crippen molar-refractivity contribution in [3.63, 3.8) is 0 Å². The minimum Gasteiger partial charge on any atom is -0.480 e. The van der Waals surface area contributed by atoms with Gasteiger partial charge in [0.05, 0.1) is 10.2 Å². The van der Waals surface area contributed by atoms with Gasteiger partial charge in [0.15, 0.2) is 11.0 Å². The molecule has 2 aromatic carbocycles. The standard InChI is InChI=1S/C21H19F4N5O4S/c1-30(14(9-26)18(32)33)17(31)16(21(23,24)25)10-2-7-13-15(8-10)35-20(28-13)29-19(34)27-12-5-3-11(22)4-6-12/h2-8,14,16H,9,26H2,1H3,(H,32,33)(H2,27,28,29,34)/t14-,16+/m0/s1. The van der Waals surface area contributed by atoms with E-state index in [1.165, 1.54) is 18.2 Å². The molecule has 0 aliphatic heterocycles. The highest BCUT2D eigenvalue weighted by Gasteiger charge is 2.48. The molecule has 3 amide bonds. The van der Waals surface area contributed by atoms with Crippen molar-refractivity contribution in [3.8, 4) is 0 Å². The van der Waals surface area contributed by atoms with Gasteiger partial charge in [0.1, 0.15) is 11.9 Å². The number of nitrogens with one attached hydrogen (secondary N) is 2. The number of fused-ring (bicyclic) bond motifs is 1. The van der Waals surface area contributed by atoms with Crippen LogP contribution in [0, 0.1) is 5.82 Å². The molecule has 186 valence electrons. The van der Waals surface area contributed by atoms with Crippen molar-refractivity contribution in [2.24, 2.45) is 5.73 Å². The number of nitrogens with zero attached hydrogens (tertiary/aromatic N) is 2. The molecule has 3 rings (SSSR count). The van der Waals surface area contributed by atoms with E-state index in [1.54, 1.807) is 0 Å². The number of hydrogen-bond acceptors (Lipinski definition) is 6. The Bertz CT molecular complexity index is 1250. The van der Waals surface area contributed by atoms with Gasteiger partial charge in [0.25, 0.3) is 0 Å². The van der Waals surface area contributed by atoms with Crippen LogP contribution in [0.3, 0.4) is 0 Å². The van der Waals surface area contributed by atoms with Crippen LogP contribution < -0.4 is 16.4 Å². The van der Waals surface area contributed by atoms with Crippen LogP contribution in [0.4, 0.5) is 33.2 Å². The Morgan fingerprint density at radius 2 is 1.80 bits per heavy atom. The van der Waals surface area contributed by atoms with Crippen LogP contribution in [0.1, 0.15) is 11.5 Å². The molecule has 0 spiro atoms. The lowest BCUT2D eigenvalue weighted by Crippen LogP contribution is -2.50. The summed E-state index contributed by atoms with van der Waals surface area (Å²) in [4.78, 5) is 40.7. The van der Waals surface area contributed by atoms with Crippen LogP contribution in [-0.2, 0) is 9.59 Å². The van der Waals surface area contributed by atoms with Crippen molar-refractivity contribution >= 4 is 50.3 Å². The monoisotopic (exact) mass is 513 g/mol. The van der Waals surface area contributed by atoms with E-state index in [0.717, 1.165) is 42.6 Å². The maximum atomic E-state index is 13.9. The minimum atomic E-state index is -5.02. The van der Waals surface area contributed by atoms with Gasteiger partial charge in [-0.25, -0.2) is 19.0 Å². The van der Waals surface area contributed by atoms with Gasteiger partial charge in [0.2, 0.25) is 5.91 Å². The van der Waals surface area contributed by atoms with Crippen molar-refractivity contribution in [2.75, 3.05) is 24.2 Å². The highest BCUT2D eigenvalue weighted by molar-refractivity contribution is 7.22. The first-order chi connectivity index (χ1) is 16.4. The normalized spacial score (nSPS) is 13.2. The Morgan fingerprint density at radius 3 is 2.37 bits per heavy atom. The molecule has 0 bridgehead atoms. The van der Waals surface area contributed by atoms with Gasteiger partial charge < -0.3 is 21.1 Å². The number of hydrogen-bond donors (Lipinski definition) is 4. The number of carbonyl (C=O) groups excluding carboxylic acids is 2. The number of likely N-dealkylation sites (N-methyl/N-ethyl adjacent to an activating group) is 1. The molecule has 5 N–H and O–H groups in total. The van der Waals surface area contributed by atoms with E-state index >= 15 is 0 Å². The molecule has 1 heterocycles. The van der Waals surface area contributed by atoms with Gasteiger partial charge in [-0.2, -0.15) is 13.2 Å². The van der Waals surface area contributed by atoms with E-state index in [-0.39, 0.29) is 15.3 Å². The second-order valence-electron chi connectivity index (χ2n) is 7.35. The first-order valence-corrected chi connectivity index (χ1v) is 10.7. The second-order valence-corrected chi connectivity index (χ2v) is 8.38. The zero-order chi connectivity index (χ0) is 25.9. The van der Waals surface area contributed by atoms with E-state index in [9.17, 15) is 31.9 Å². The van der Waals surface area contributed by atoms with Gasteiger partial charge in [0, 0.05) is 19.3 Å². The SMILES string of the molecule is CN(C(=O)[C@@H](c1ccc2nc(NC(=O)Nc3ccc(F)cc3)sc2c1)C(F)(F)F)[C@@H](CN)C(=O)O. The third-order valence-corrected chi connectivity index (χ3v) is 5.90. The Hall–Kier alpha value is -3.78. The van der Waals surface area contributed by atoms with Crippen LogP contribution in [0.5, 0.6) is 0 Å². The lowest BCUT2D eigenvalue weighted by molar-refractivity contribution is -0.175. The second kappa shape index (κ2) is 10.2. The zero-order valence-electron chi connectivity index (χ0n) is 18.0. The fourth-order valence-corrected chi connectivity index (χ4v) is 4.13. The summed E-state index contributed by atoms with van der Waals surface area (Å²) in [6, 6.07) is 6.07. The summed E-state index contributed by atoms with van der Waals surface area (Å²) in [6.45, 7) is -0.564. The highest BCUT2D eigenvalue weighted by Crippen LogP contribution is 2.39. The molecule has 0 saturated carbocycles. The van der Waals surface area contributed by atoms with Gasteiger partial charge in [-0.3, -0.25) is 10.1 Å². The number of benzene rings is 2. The molecule has 0 aliphatic carbocycles. The lowest BCUT2D eigenvalue weighted by Gasteiger charge is -2.29. The number of alkyl halides is 3. The molecule has 3 aromatic rings. The van der Waals surface area contributed by atoms with Gasteiger partial charge in [-0.15, -0.1) is 0 Å². The third-order valence-electron chi connectivity index (χ3n) is 4.97. The molecule has 0 aliphatic rings. The number of anilines is 2. The third kappa shape index (κ3) is 6.02. The number of carboxylic acids is 1. The van der Waals surface area contributed by atoms with Crippen LogP contribution in [0.2, 0.25) is 0 Å². The van der Waals surface area contributed by atoms with Crippen molar-refractivity contribution in [3.05, 3.63) is 53.8 Å². The lowest BCUT2D eigenvalue weighted by atomic mass is 9.96. The maximum Gasteiger partial charge on any atom is 0.404 e. The number of carbonyl (C=O) groups is 3. The van der Waals surface area contributed by atoms with Gasteiger partial charge in [-0.05, 0) is 42.0 Å². The van der Waals surface area contributed by atoms with Crippen molar-refractivity contribution < 1.29 is 37.1 Å². The summed E-state index contributed by atoms with van der Waals surface area (Å²) in [7, 11) is 0.944. The molecule has 0 fully saturated rings. The number of aromatic nitrogens is 1. The molecule has 2 atom stereocenters. The zero-order valence-corrected chi connectivity index (χ0v) is 18.8. The Kier molecular flexibility index (Phi) is 7.55. The number of urea groups is 1. The van der Waals surface area contributed by atoms with Crippen molar-refractivity contribution in [2.45, 2.75) is 18.1 Å². The molecule has 9 nitrogen and oxygen atoms in total. The molecule has 0 radical (unpaired) electrons. The number of halogens is 4. The maximum absolute atomic E-state index is 13.9. The predicted molar refractivity (Wildman–Crippen MR) is 121 cm³/mol. The number of amides is 3. The van der Waals surface area contributed by atoms with E-state index in [0.29, 0.717) is 10.6 Å². The van der Waals surface area contributed by atoms with Crippen molar-refractivity contribution in [1.29, 1.82) is 0 Å². The first-order valence-electron chi connectivity index (χ1n) is 9.91. The van der Waals surface area contributed by atoms with Crippen LogP contribution in [0.15, 0.2) is 42.5 Å². The Labute approximate surface area is 199 Å². The number of carboxylic acid groups (broad SMARTS) is 1. The summed E-state index contributed by atoms with van der Waals surface area (Å²) in [5.41, 5.74) is 5.46. The molecule has 0 unspecified atom stereocenters. The van der Waals surface area contributed by atoms with Gasteiger partial charge in [-0.1, -0.05) is 17.4 Å². The van der Waals surface area contributed by atoms with Crippen molar-refractivity contribution in [1.82, 2.24) is 9.88 Å². The van der Waals surface area contributed by atoms with Gasteiger partial charge >= 0.3 is 18.2 Å². The van der Waals surface area contributed by atoms with E-state index < -0.39 is 54.0 Å². The molecular weight excluding hydrogens is 494 g/mol. The van der Waals surface area contributed by atoms with E-state index in [2.05, 4.69) is 15.6 Å². The Morgan fingerprint density at radius 1 is 1.14 bits per heavy atom. The fourth-order valence-electron chi connectivity index (χ4n) is 3.22. The molecule has 35 heavy (non-hydrogen) atoms. The Balaban J connectivity index is 1.85. The number of nitrogens with two attached hydrogens (primary N) is 1. The van der Waals surface area contributed by atoms with Crippen LogP contribution in [0.25, 0.3) is 10.2 Å². The fraction of sp³-hybridized carbons (Fsp3) is 0.238. The highest BCUT2D eigenvalue weighted by atomic mass is 32.1. The molecule has 0 saturated heterocycles.